The molecular weight excluding hydrogens is 188 g/mol. The lowest BCUT2D eigenvalue weighted by atomic mass is 10.0. The van der Waals surface area contributed by atoms with Crippen molar-refractivity contribution >= 4 is 5.78 Å². The van der Waals surface area contributed by atoms with Gasteiger partial charge in [-0.25, -0.2) is 0 Å². The van der Waals surface area contributed by atoms with E-state index in [0.717, 1.165) is 6.61 Å². The van der Waals surface area contributed by atoms with Gasteiger partial charge in [-0.1, -0.05) is 33.1 Å². The van der Waals surface area contributed by atoms with Gasteiger partial charge in [-0.15, -0.1) is 0 Å². The van der Waals surface area contributed by atoms with Crippen molar-refractivity contribution in [2.75, 3.05) is 6.61 Å². The minimum atomic E-state index is 0.0816. The largest absolute Gasteiger partial charge is 0.378 e. The molecule has 2 atom stereocenters. The van der Waals surface area contributed by atoms with Gasteiger partial charge in [0.25, 0.3) is 0 Å². The minimum absolute atomic E-state index is 0.0816. The number of Topliss-reactive ketones (excluding diaryl/α,β-unsaturated/α-hetero) is 1. The van der Waals surface area contributed by atoms with E-state index in [1.54, 1.807) is 6.92 Å². The molecular formula is C13H26O2. The summed E-state index contributed by atoms with van der Waals surface area (Å²) in [5.41, 5.74) is 0. The summed E-state index contributed by atoms with van der Waals surface area (Å²) >= 11 is 0. The molecule has 0 N–H and O–H groups in total. The third-order valence-corrected chi connectivity index (χ3v) is 2.73. The SMILES string of the molecule is CCCCC(CC)COC(C)CC(C)=O. The lowest BCUT2D eigenvalue weighted by Crippen LogP contribution is -2.17. The van der Waals surface area contributed by atoms with Crippen LogP contribution in [-0.2, 0) is 9.53 Å². The molecule has 0 aromatic carbocycles. The second-order valence-electron chi connectivity index (χ2n) is 4.47. The van der Waals surface area contributed by atoms with E-state index in [1.165, 1.54) is 25.7 Å². The molecule has 0 aliphatic carbocycles. The normalized spacial score (nSPS) is 14.9. The van der Waals surface area contributed by atoms with Crippen molar-refractivity contribution in [3.05, 3.63) is 0 Å². The molecule has 0 fully saturated rings. The Morgan fingerprint density at radius 3 is 2.47 bits per heavy atom. The molecule has 0 aliphatic rings. The van der Waals surface area contributed by atoms with Crippen LogP contribution in [0.15, 0.2) is 0 Å². The summed E-state index contributed by atoms with van der Waals surface area (Å²) in [5, 5.41) is 0. The van der Waals surface area contributed by atoms with Crippen molar-refractivity contribution < 1.29 is 9.53 Å². The van der Waals surface area contributed by atoms with Crippen LogP contribution >= 0.6 is 0 Å². The lowest BCUT2D eigenvalue weighted by Gasteiger charge is -2.18. The fourth-order valence-electron chi connectivity index (χ4n) is 1.66. The van der Waals surface area contributed by atoms with Crippen molar-refractivity contribution in [3.63, 3.8) is 0 Å². The summed E-state index contributed by atoms with van der Waals surface area (Å²) in [6, 6.07) is 0. The molecule has 0 aromatic heterocycles. The summed E-state index contributed by atoms with van der Waals surface area (Å²) in [5.74, 6) is 0.878. The molecule has 90 valence electrons. The quantitative estimate of drug-likeness (QED) is 0.586. The fourth-order valence-corrected chi connectivity index (χ4v) is 1.66. The highest BCUT2D eigenvalue weighted by Gasteiger charge is 2.10. The fraction of sp³-hybridized carbons (Fsp3) is 0.923. The van der Waals surface area contributed by atoms with E-state index >= 15 is 0 Å². The summed E-state index contributed by atoms with van der Waals surface area (Å²) in [6.07, 6.45) is 5.58. The maximum absolute atomic E-state index is 10.9. The maximum Gasteiger partial charge on any atom is 0.132 e. The van der Waals surface area contributed by atoms with Crippen LogP contribution in [0.5, 0.6) is 0 Å². The number of ether oxygens (including phenoxy) is 1. The van der Waals surface area contributed by atoms with E-state index < -0.39 is 0 Å². The average molecular weight is 214 g/mol. The number of unbranched alkanes of at least 4 members (excludes halogenated alkanes) is 1. The lowest BCUT2D eigenvalue weighted by molar-refractivity contribution is -0.119. The number of carbonyl (C=O) groups is 1. The smallest absolute Gasteiger partial charge is 0.132 e. The van der Waals surface area contributed by atoms with Gasteiger partial charge < -0.3 is 4.74 Å². The summed E-state index contributed by atoms with van der Waals surface area (Å²) in [6.45, 7) is 8.83. The van der Waals surface area contributed by atoms with E-state index in [-0.39, 0.29) is 11.9 Å². The predicted octanol–water partition coefficient (Wildman–Crippen LogP) is 3.59. The van der Waals surface area contributed by atoms with Crippen molar-refractivity contribution in [3.8, 4) is 0 Å². The summed E-state index contributed by atoms with van der Waals surface area (Å²) in [7, 11) is 0. The van der Waals surface area contributed by atoms with Gasteiger partial charge in [0.15, 0.2) is 0 Å². The van der Waals surface area contributed by atoms with Crippen LogP contribution in [0.2, 0.25) is 0 Å². The van der Waals surface area contributed by atoms with Gasteiger partial charge in [0.2, 0.25) is 0 Å². The van der Waals surface area contributed by atoms with Gasteiger partial charge >= 0.3 is 0 Å². The van der Waals surface area contributed by atoms with Crippen molar-refractivity contribution in [1.82, 2.24) is 0 Å². The molecule has 2 nitrogen and oxygen atoms in total. The number of rotatable bonds is 9. The second-order valence-corrected chi connectivity index (χ2v) is 4.47. The van der Waals surface area contributed by atoms with Gasteiger partial charge in [0.1, 0.15) is 5.78 Å². The van der Waals surface area contributed by atoms with Crippen molar-refractivity contribution in [2.45, 2.75) is 65.9 Å². The molecule has 0 saturated carbocycles. The third-order valence-electron chi connectivity index (χ3n) is 2.73. The van der Waals surface area contributed by atoms with E-state index in [2.05, 4.69) is 13.8 Å². The molecule has 0 spiro atoms. The highest BCUT2D eigenvalue weighted by molar-refractivity contribution is 5.75. The number of hydrogen-bond acceptors (Lipinski definition) is 2. The Labute approximate surface area is 94.4 Å². The van der Waals surface area contributed by atoms with Crippen LogP contribution in [0, 0.1) is 5.92 Å². The zero-order valence-electron chi connectivity index (χ0n) is 10.7. The zero-order valence-corrected chi connectivity index (χ0v) is 10.7. The zero-order chi connectivity index (χ0) is 11.7. The molecule has 15 heavy (non-hydrogen) atoms. The Bertz CT molecular complexity index is 166. The van der Waals surface area contributed by atoms with Gasteiger partial charge in [-0.2, -0.15) is 0 Å². The molecule has 0 aliphatic heterocycles. The third kappa shape index (κ3) is 8.61. The molecule has 2 unspecified atom stereocenters. The number of ketones is 1. The van der Waals surface area contributed by atoms with E-state index in [0.29, 0.717) is 12.3 Å². The summed E-state index contributed by atoms with van der Waals surface area (Å²) < 4.78 is 5.68. The molecule has 0 radical (unpaired) electrons. The highest BCUT2D eigenvalue weighted by atomic mass is 16.5. The van der Waals surface area contributed by atoms with Crippen molar-refractivity contribution in [2.24, 2.45) is 5.92 Å². The Hall–Kier alpha value is -0.370. The minimum Gasteiger partial charge on any atom is -0.378 e. The molecule has 0 aromatic rings. The number of carbonyl (C=O) groups excluding carboxylic acids is 1. The van der Waals surface area contributed by atoms with Crippen LogP contribution < -0.4 is 0 Å². The Kier molecular flexibility index (Phi) is 8.68. The van der Waals surface area contributed by atoms with E-state index in [1.807, 2.05) is 6.92 Å². The van der Waals surface area contributed by atoms with Gasteiger partial charge in [-0.3, -0.25) is 4.79 Å². The number of hydrogen-bond donors (Lipinski definition) is 0. The van der Waals surface area contributed by atoms with E-state index in [4.69, 9.17) is 4.74 Å². The molecule has 0 saturated heterocycles. The van der Waals surface area contributed by atoms with Crippen LogP contribution in [0.3, 0.4) is 0 Å². The van der Waals surface area contributed by atoms with Gasteiger partial charge in [0.05, 0.1) is 6.10 Å². The highest BCUT2D eigenvalue weighted by Crippen LogP contribution is 2.14. The Morgan fingerprint density at radius 1 is 1.33 bits per heavy atom. The maximum atomic E-state index is 10.9. The second kappa shape index (κ2) is 8.90. The van der Waals surface area contributed by atoms with Crippen LogP contribution in [0.1, 0.15) is 59.8 Å². The van der Waals surface area contributed by atoms with Crippen LogP contribution in [0.25, 0.3) is 0 Å². The first-order chi connectivity index (χ1) is 7.10. The average Bonchev–Trinajstić information content (AvgIpc) is 2.17. The van der Waals surface area contributed by atoms with Gasteiger partial charge in [0, 0.05) is 13.0 Å². The van der Waals surface area contributed by atoms with Crippen molar-refractivity contribution in [1.29, 1.82) is 0 Å². The van der Waals surface area contributed by atoms with Crippen LogP contribution in [-0.4, -0.2) is 18.5 Å². The Morgan fingerprint density at radius 2 is 2.00 bits per heavy atom. The van der Waals surface area contributed by atoms with E-state index in [9.17, 15) is 4.79 Å². The first-order valence-electron chi connectivity index (χ1n) is 6.21. The predicted molar refractivity (Wildman–Crippen MR) is 64.0 cm³/mol. The molecule has 0 rings (SSSR count). The topological polar surface area (TPSA) is 26.3 Å². The standard InChI is InChI=1S/C13H26O2/c1-5-7-8-13(6-2)10-15-12(4)9-11(3)14/h12-13H,5-10H2,1-4H3. The summed E-state index contributed by atoms with van der Waals surface area (Å²) in [4.78, 5) is 10.9. The first kappa shape index (κ1) is 14.6. The van der Waals surface area contributed by atoms with Crippen LogP contribution in [0.4, 0.5) is 0 Å². The first-order valence-corrected chi connectivity index (χ1v) is 6.21. The van der Waals surface area contributed by atoms with Gasteiger partial charge in [-0.05, 0) is 26.2 Å². The Balaban J connectivity index is 3.64. The molecule has 2 heteroatoms. The molecule has 0 heterocycles. The molecule has 0 bridgehead atoms. The monoisotopic (exact) mass is 214 g/mol. The molecule has 0 amide bonds.